The van der Waals surface area contributed by atoms with Crippen molar-refractivity contribution in [2.24, 2.45) is 0 Å². The largest absolute Gasteiger partial charge is 0.367 e. The molecule has 162 valence electrons. The lowest BCUT2D eigenvalue weighted by atomic mass is 10.0. The van der Waals surface area contributed by atoms with Crippen molar-refractivity contribution < 1.29 is 0 Å². The Morgan fingerprint density at radius 3 is 2.44 bits per heavy atom. The van der Waals surface area contributed by atoms with E-state index in [1.807, 2.05) is 18.2 Å². The number of fused-ring (bicyclic) bond motifs is 1. The summed E-state index contributed by atoms with van der Waals surface area (Å²) < 4.78 is 0. The molecule has 0 aliphatic carbocycles. The van der Waals surface area contributed by atoms with Crippen LogP contribution in [0.5, 0.6) is 0 Å². The molecule has 1 aromatic heterocycles. The number of piperidine rings is 1. The van der Waals surface area contributed by atoms with Crippen LogP contribution < -0.4 is 5.32 Å². The minimum absolute atomic E-state index is 0.390. The maximum Gasteiger partial charge on any atom is 0.162 e. The van der Waals surface area contributed by atoms with Crippen molar-refractivity contribution in [1.29, 1.82) is 0 Å². The molecule has 2 heterocycles. The molecule has 3 aromatic carbocycles. The second-order valence-corrected chi connectivity index (χ2v) is 9.04. The molecular weight excluding hydrogens is 416 g/mol. The van der Waals surface area contributed by atoms with Crippen LogP contribution in [0, 0.1) is 6.92 Å². The Morgan fingerprint density at radius 1 is 0.938 bits per heavy atom. The van der Waals surface area contributed by atoms with Crippen LogP contribution in [0.15, 0.2) is 72.8 Å². The topological polar surface area (TPSA) is 41.1 Å². The zero-order valence-electron chi connectivity index (χ0n) is 18.3. The van der Waals surface area contributed by atoms with Crippen LogP contribution in [-0.2, 0) is 6.54 Å². The molecule has 1 saturated heterocycles. The molecule has 1 aliphatic heterocycles. The van der Waals surface area contributed by atoms with E-state index in [1.165, 1.54) is 11.1 Å². The SMILES string of the molecule is Cc1ccc(-c2nc(NC3CCN(Cc4ccccc4)CC3)c3ccc(Cl)cc3n2)cc1. The molecule has 5 rings (SSSR count). The summed E-state index contributed by atoms with van der Waals surface area (Å²) in [6.07, 6.45) is 2.18. The Balaban J connectivity index is 1.36. The van der Waals surface area contributed by atoms with Crippen LogP contribution in [0.1, 0.15) is 24.0 Å². The van der Waals surface area contributed by atoms with Crippen LogP contribution in [0.4, 0.5) is 5.82 Å². The van der Waals surface area contributed by atoms with Gasteiger partial charge in [-0.15, -0.1) is 0 Å². The molecule has 0 bridgehead atoms. The molecule has 4 aromatic rings. The van der Waals surface area contributed by atoms with Gasteiger partial charge in [0, 0.05) is 41.6 Å². The first-order valence-electron chi connectivity index (χ1n) is 11.2. The summed E-state index contributed by atoms with van der Waals surface area (Å²) in [4.78, 5) is 12.3. The fourth-order valence-electron chi connectivity index (χ4n) is 4.31. The Hall–Kier alpha value is -2.95. The van der Waals surface area contributed by atoms with Gasteiger partial charge in [-0.2, -0.15) is 0 Å². The first-order valence-corrected chi connectivity index (χ1v) is 11.6. The average molecular weight is 443 g/mol. The van der Waals surface area contributed by atoms with Gasteiger partial charge in [0.25, 0.3) is 0 Å². The van der Waals surface area contributed by atoms with E-state index in [0.717, 1.165) is 60.6 Å². The summed E-state index contributed by atoms with van der Waals surface area (Å²) in [6.45, 7) is 5.25. The maximum atomic E-state index is 6.28. The van der Waals surface area contributed by atoms with Gasteiger partial charge >= 0.3 is 0 Å². The van der Waals surface area contributed by atoms with Crippen LogP contribution in [0.3, 0.4) is 0 Å². The summed E-state index contributed by atoms with van der Waals surface area (Å²) in [5.74, 6) is 1.62. The van der Waals surface area contributed by atoms with Crippen molar-refractivity contribution in [2.75, 3.05) is 18.4 Å². The molecule has 0 spiro atoms. The Kier molecular flexibility index (Phi) is 6.06. The summed E-state index contributed by atoms with van der Waals surface area (Å²) in [5, 5.41) is 5.43. The third kappa shape index (κ3) is 4.77. The van der Waals surface area contributed by atoms with E-state index in [1.54, 1.807) is 0 Å². The summed E-state index contributed by atoms with van der Waals surface area (Å²) in [7, 11) is 0. The predicted octanol–water partition coefficient (Wildman–Crippen LogP) is 6.34. The molecule has 1 N–H and O–H groups in total. The zero-order chi connectivity index (χ0) is 21.9. The van der Waals surface area contributed by atoms with Crippen molar-refractivity contribution in [3.05, 3.63) is 88.9 Å². The van der Waals surface area contributed by atoms with Gasteiger partial charge in [0.15, 0.2) is 5.82 Å². The van der Waals surface area contributed by atoms with Gasteiger partial charge in [-0.1, -0.05) is 71.8 Å². The van der Waals surface area contributed by atoms with E-state index in [9.17, 15) is 0 Å². The predicted molar refractivity (Wildman–Crippen MR) is 133 cm³/mol. The third-order valence-electron chi connectivity index (χ3n) is 6.15. The second-order valence-electron chi connectivity index (χ2n) is 8.60. The number of rotatable bonds is 5. The molecule has 0 amide bonds. The minimum atomic E-state index is 0.390. The highest BCUT2D eigenvalue weighted by molar-refractivity contribution is 6.31. The van der Waals surface area contributed by atoms with E-state index >= 15 is 0 Å². The number of anilines is 1. The summed E-state index contributed by atoms with van der Waals surface area (Å²) >= 11 is 6.28. The number of benzene rings is 3. The molecule has 0 atom stereocenters. The number of nitrogens with one attached hydrogen (secondary N) is 1. The van der Waals surface area contributed by atoms with Crippen molar-refractivity contribution in [3.8, 4) is 11.4 Å². The van der Waals surface area contributed by atoms with Crippen LogP contribution in [-0.4, -0.2) is 34.0 Å². The van der Waals surface area contributed by atoms with Gasteiger partial charge in [0.1, 0.15) is 5.82 Å². The van der Waals surface area contributed by atoms with Gasteiger partial charge in [-0.3, -0.25) is 4.90 Å². The molecule has 1 fully saturated rings. The van der Waals surface area contributed by atoms with Crippen molar-refractivity contribution in [3.63, 3.8) is 0 Å². The normalized spacial score (nSPS) is 15.2. The fraction of sp³-hybridized carbons (Fsp3) is 0.259. The highest BCUT2D eigenvalue weighted by Gasteiger charge is 2.21. The number of hydrogen-bond donors (Lipinski definition) is 1. The molecule has 1 aliphatic rings. The van der Waals surface area contributed by atoms with Gasteiger partial charge < -0.3 is 5.32 Å². The maximum absolute atomic E-state index is 6.28. The van der Waals surface area contributed by atoms with E-state index in [2.05, 4.69) is 71.7 Å². The average Bonchev–Trinajstić information content (AvgIpc) is 2.81. The lowest BCUT2D eigenvalue weighted by molar-refractivity contribution is 0.211. The molecule has 0 saturated carbocycles. The van der Waals surface area contributed by atoms with Crippen molar-refractivity contribution in [2.45, 2.75) is 32.4 Å². The zero-order valence-corrected chi connectivity index (χ0v) is 19.0. The van der Waals surface area contributed by atoms with Crippen molar-refractivity contribution >= 4 is 28.3 Å². The van der Waals surface area contributed by atoms with Gasteiger partial charge in [0.2, 0.25) is 0 Å². The molecule has 4 nitrogen and oxygen atoms in total. The first-order chi connectivity index (χ1) is 15.6. The van der Waals surface area contributed by atoms with E-state index in [-0.39, 0.29) is 0 Å². The fourth-order valence-corrected chi connectivity index (χ4v) is 4.48. The quantitative estimate of drug-likeness (QED) is 0.391. The Morgan fingerprint density at radius 2 is 1.69 bits per heavy atom. The van der Waals surface area contributed by atoms with E-state index < -0.39 is 0 Å². The standard InChI is InChI=1S/C27H27ClN4/c1-19-7-9-21(10-8-19)26-30-25-17-22(28)11-12-24(25)27(31-26)29-23-13-15-32(16-14-23)18-20-5-3-2-4-6-20/h2-12,17,23H,13-16,18H2,1H3,(H,29,30,31). The number of hydrogen-bond acceptors (Lipinski definition) is 4. The van der Waals surface area contributed by atoms with E-state index in [4.69, 9.17) is 21.6 Å². The third-order valence-corrected chi connectivity index (χ3v) is 6.38. The highest BCUT2D eigenvalue weighted by atomic mass is 35.5. The van der Waals surface area contributed by atoms with Crippen LogP contribution >= 0.6 is 11.6 Å². The smallest absolute Gasteiger partial charge is 0.162 e. The van der Waals surface area contributed by atoms with Gasteiger partial charge in [-0.05, 0) is 43.5 Å². The van der Waals surface area contributed by atoms with Gasteiger partial charge in [-0.25, -0.2) is 9.97 Å². The van der Waals surface area contributed by atoms with Crippen molar-refractivity contribution in [1.82, 2.24) is 14.9 Å². The number of likely N-dealkylation sites (tertiary alicyclic amines) is 1. The number of aromatic nitrogens is 2. The summed E-state index contributed by atoms with van der Waals surface area (Å²) in [5.41, 5.74) is 4.48. The highest BCUT2D eigenvalue weighted by Crippen LogP contribution is 2.29. The summed E-state index contributed by atoms with van der Waals surface area (Å²) in [6, 6.07) is 25.3. The first kappa shape index (κ1) is 20.9. The second kappa shape index (κ2) is 9.27. The molecule has 0 unspecified atom stereocenters. The lowest BCUT2D eigenvalue weighted by Crippen LogP contribution is -2.38. The van der Waals surface area contributed by atoms with E-state index in [0.29, 0.717) is 11.1 Å². The number of aryl methyl sites for hydroxylation is 1. The monoisotopic (exact) mass is 442 g/mol. The minimum Gasteiger partial charge on any atom is -0.367 e. The molecule has 0 radical (unpaired) electrons. The van der Waals surface area contributed by atoms with Crippen LogP contribution in [0.25, 0.3) is 22.3 Å². The number of halogens is 1. The lowest BCUT2D eigenvalue weighted by Gasteiger charge is -2.32. The Labute approximate surface area is 194 Å². The molecule has 32 heavy (non-hydrogen) atoms. The van der Waals surface area contributed by atoms with Crippen LogP contribution in [0.2, 0.25) is 5.02 Å². The van der Waals surface area contributed by atoms with Gasteiger partial charge in [0.05, 0.1) is 5.52 Å². The Bertz CT molecular complexity index is 1200. The number of nitrogens with zero attached hydrogens (tertiary/aromatic N) is 3. The molecular formula is C27H27ClN4. The molecule has 5 heteroatoms.